The number of carbonyl (C=O) groups excluding carboxylic acids is 3. The zero-order valence-corrected chi connectivity index (χ0v) is 36.9. The normalized spacial score (nSPS) is 19.8. The van der Waals surface area contributed by atoms with Crippen LogP contribution in [0.5, 0.6) is 17.2 Å². The van der Waals surface area contributed by atoms with Gasteiger partial charge in [0.15, 0.2) is 11.5 Å². The first kappa shape index (κ1) is 42.5. The summed E-state index contributed by atoms with van der Waals surface area (Å²) in [6.07, 6.45) is 2.02. The molecule has 3 N–H and O–H groups in total. The molecule has 4 atom stereocenters. The van der Waals surface area contributed by atoms with Crippen LogP contribution in [0.3, 0.4) is 0 Å². The highest BCUT2D eigenvalue weighted by molar-refractivity contribution is 7.81. The van der Waals surface area contributed by atoms with Crippen LogP contribution >= 0.6 is 12.6 Å². The van der Waals surface area contributed by atoms with Crippen molar-refractivity contribution in [2.75, 3.05) is 22.2 Å². The molecule has 0 fully saturated rings. The van der Waals surface area contributed by atoms with Crippen LogP contribution in [0, 0.1) is 6.92 Å². The summed E-state index contributed by atoms with van der Waals surface area (Å²) in [4.78, 5) is 44.8. The van der Waals surface area contributed by atoms with E-state index >= 15 is 0 Å². The third-order valence-corrected chi connectivity index (χ3v) is 13.0. The SMILES string of the molecule is COc1cc2c(cc1OCc1cc(COc3cc4c(cc3C)C(=O)N3c5ccccc5C[C@H]3C(O)C4)cc(NC(=O)CCCC(C)(C)S)c1)CC(O)[C@@H]1Cc3ccccc3N1C2=O. The molecule has 5 aromatic rings. The van der Waals surface area contributed by atoms with Crippen molar-refractivity contribution in [1.82, 2.24) is 0 Å². The summed E-state index contributed by atoms with van der Waals surface area (Å²) >= 11 is 4.61. The first-order chi connectivity index (χ1) is 30.2. The highest BCUT2D eigenvalue weighted by Crippen LogP contribution is 2.42. The summed E-state index contributed by atoms with van der Waals surface area (Å²) in [5, 5.41) is 25.9. The fourth-order valence-electron chi connectivity index (χ4n) is 9.67. The standard InChI is InChI=1S/C51H53N3O8S/c1-29-16-37-34(22-43(55)41-20-32-10-5-7-12-39(32)53(41)49(37)58)24-45(29)61-27-30-17-31(19-36(18-30)52-48(57)14-9-15-51(2,3)63)28-62-47-25-35-23-44(56)42-21-33-11-6-8-13-40(33)54(42)50(59)38(35)26-46(47)60-4/h5-8,10-13,16-19,24-26,41-44,55-56,63H,9,14-15,20-23,27-28H2,1-4H3,(H,52,57)/t41-,42-,43?,44?/m0/s1. The number of ether oxygens (including phenoxy) is 3. The number of para-hydroxylation sites is 2. The Bertz CT molecular complexity index is 2620. The molecule has 326 valence electrons. The Hall–Kier alpha value is -5.82. The molecule has 9 rings (SSSR count). The number of nitrogens with one attached hydrogen (secondary N) is 1. The average molecular weight is 868 g/mol. The van der Waals surface area contributed by atoms with Gasteiger partial charge in [0.2, 0.25) is 5.91 Å². The number of hydrogen-bond acceptors (Lipinski definition) is 9. The second-order valence-corrected chi connectivity index (χ2v) is 19.2. The average Bonchev–Trinajstić information content (AvgIpc) is 3.79. The Labute approximate surface area is 373 Å². The molecule has 0 spiro atoms. The number of aryl methyl sites for hydroxylation is 1. The monoisotopic (exact) mass is 867 g/mol. The van der Waals surface area contributed by atoms with Crippen molar-refractivity contribution in [3.05, 3.63) is 141 Å². The number of thiol groups is 1. The Kier molecular flexibility index (Phi) is 11.5. The minimum Gasteiger partial charge on any atom is -0.493 e. The second kappa shape index (κ2) is 17.0. The maximum Gasteiger partial charge on any atom is 0.259 e. The maximum atomic E-state index is 14.1. The van der Waals surface area contributed by atoms with Crippen LogP contribution in [0.25, 0.3) is 0 Å². The van der Waals surface area contributed by atoms with Gasteiger partial charge >= 0.3 is 0 Å². The highest BCUT2D eigenvalue weighted by Gasteiger charge is 2.43. The highest BCUT2D eigenvalue weighted by atomic mass is 32.1. The van der Waals surface area contributed by atoms with E-state index in [4.69, 9.17) is 14.2 Å². The summed E-state index contributed by atoms with van der Waals surface area (Å²) < 4.78 is 18.5. The van der Waals surface area contributed by atoms with Crippen molar-refractivity contribution in [3.63, 3.8) is 0 Å². The van der Waals surface area contributed by atoms with Crippen molar-refractivity contribution in [2.24, 2.45) is 0 Å². The van der Waals surface area contributed by atoms with Gasteiger partial charge in [0.25, 0.3) is 11.8 Å². The van der Waals surface area contributed by atoms with Gasteiger partial charge in [-0.1, -0.05) is 50.2 Å². The predicted molar refractivity (Wildman–Crippen MR) is 246 cm³/mol. The van der Waals surface area contributed by atoms with Gasteiger partial charge in [0.05, 0.1) is 31.4 Å². The topological polar surface area (TPSA) is 138 Å². The summed E-state index contributed by atoms with van der Waals surface area (Å²) in [5.74, 6) is 0.955. The molecule has 4 aliphatic rings. The van der Waals surface area contributed by atoms with E-state index in [1.165, 1.54) is 7.11 Å². The molecule has 2 unspecified atom stereocenters. The number of aliphatic hydroxyl groups excluding tert-OH is 2. The Morgan fingerprint density at radius 3 is 1.79 bits per heavy atom. The molecule has 3 amide bonds. The summed E-state index contributed by atoms with van der Waals surface area (Å²) in [6, 6.07) is 27.8. The third-order valence-electron chi connectivity index (χ3n) is 12.8. The molecule has 0 saturated carbocycles. The summed E-state index contributed by atoms with van der Waals surface area (Å²) in [5.41, 5.74) is 9.06. The Morgan fingerprint density at radius 2 is 1.24 bits per heavy atom. The van der Waals surface area contributed by atoms with Crippen LogP contribution in [-0.2, 0) is 43.7 Å². The number of anilines is 3. The first-order valence-electron chi connectivity index (χ1n) is 21.7. The van der Waals surface area contributed by atoms with Gasteiger partial charge in [-0.2, -0.15) is 12.6 Å². The molecule has 4 heterocycles. The molecule has 63 heavy (non-hydrogen) atoms. The molecule has 0 radical (unpaired) electrons. The number of rotatable bonds is 12. The minimum atomic E-state index is -0.783. The van der Waals surface area contributed by atoms with E-state index in [1.807, 2.05) is 99.6 Å². The molecule has 0 bridgehead atoms. The Morgan fingerprint density at radius 1 is 0.714 bits per heavy atom. The summed E-state index contributed by atoms with van der Waals surface area (Å²) in [7, 11) is 1.53. The smallest absolute Gasteiger partial charge is 0.259 e. The van der Waals surface area contributed by atoms with Gasteiger partial charge in [0.1, 0.15) is 19.0 Å². The van der Waals surface area contributed by atoms with Crippen LogP contribution in [-0.4, -0.2) is 64.1 Å². The molecular weight excluding hydrogens is 815 g/mol. The number of carbonyl (C=O) groups is 3. The van der Waals surface area contributed by atoms with E-state index in [-0.39, 0.29) is 54.2 Å². The number of nitrogens with zero attached hydrogens (tertiary/aromatic N) is 2. The number of methoxy groups -OCH3 is 1. The molecule has 0 aromatic heterocycles. The van der Waals surface area contributed by atoms with Gasteiger partial charge in [-0.05, 0) is 126 Å². The third kappa shape index (κ3) is 8.51. The first-order valence-corrected chi connectivity index (χ1v) is 22.1. The van der Waals surface area contributed by atoms with E-state index in [9.17, 15) is 24.6 Å². The van der Waals surface area contributed by atoms with Crippen LogP contribution in [0.1, 0.15) is 92.8 Å². The zero-order chi connectivity index (χ0) is 44.2. The molecule has 0 aliphatic carbocycles. The van der Waals surface area contributed by atoms with E-state index < -0.39 is 12.2 Å². The number of fused-ring (bicyclic) bond motifs is 8. The van der Waals surface area contributed by atoms with Crippen molar-refractivity contribution < 1.29 is 38.8 Å². The van der Waals surface area contributed by atoms with E-state index in [2.05, 4.69) is 17.9 Å². The molecule has 12 heteroatoms. The molecule has 11 nitrogen and oxygen atoms in total. The molecule has 4 aliphatic heterocycles. The van der Waals surface area contributed by atoms with Crippen LogP contribution < -0.4 is 29.3 Å². The molecule has 0 saturated heterocycles. The van der Waals surface area contributed by atoms with Gasteiger partial charge < -0.3 is 39.5 Å². The lowest BCUT2D eigenvalue weighted by atomic mass is 9.96. The minimum absolute atomic E-state index is 0.0942. The lowest BCUT2D eigenvalue weighted by Gasteiger charge is -2.26. The number of aliphatic hydroxyl groups is 2. The van der Waals surface area contributed by atoms with Crippen LogP contribution in [0.4, 0.5) is 17.1 Å². The van der Waals surface area contributed by atoms with Crippen molar-refractivity contribution in [1.29, 1.82) is 0 Å². The van der Waals surface area contributed by atoms with Gasteiger partial charge in [-0.3, -0.25) is 14.4 Å². The quantitative estimate of drug-likeness (QED) is 0.0928. The van der Waals surface area contributed by atoms with Crippen molar-refractivity contribution in [2.45, 2.75) is 108 Å². The van der Waals surface area contributed by atoms with E-state index in [1.54, 1.807) is 21.9 Å². The van der Waals surface area contributed by atoms with E-state index in [0.29, 0.717) is 71.7 Å². The fraction of sp³-hybridized carbons (Fsp3) is 0.353. The second-order valence-electron chi connectivity index (χ2n) is 18.0. The number of amides is 3. The van der Waals surface area contributed by atoms with Gasteiger partial charge in [0, 0.05) is 52.2 Å². The number of hydrogen-bond donors (Lipinski definition) is 4. The number of benzene rings is 5. The largest absolute Gasteiger partial charge is 0.493 e. The Balaban J connectivity index is 0.964. The van der Waals surface area contributed by atoms with Crippen LogP contribution in [0.15, 0.2) is 91.0 Å². The van der Waals surface area contributed by atoms with Crippen molar-refractivity contribution in [3.8, 4) is 17.2 Å². The van der Waals surface area contributed by atoms with Crippen molar-refractivity contribution >= 4 is 47.4 Å². The lowest BCUT2D eigenvalue weighted by Crippen LogP contribution is -2.43. The summed E-state index contributed by atoms with van der Waals surface area (Å²) in [6.45, 7) is 6.20. The van der Waals surface area contributed by atoms with Crippen LogP contribution in [0.2, 0.25) is 0 Å². The lowest BCUT2D eigenvalue weighted by molar-refractivity contribution is -0.116. The van der Waals surface area contributed by atoms with Gasteiger partial charge in [-0.15, -0.1) is 0 Å². The fourth-order valence-corrected chi connectivity index (χ4v) is 9.83. The maximum absolute atomic E-state index is 14.1. The molecule has 5 aromatic carbocycles. The van der Waals surface area contributed by atoms with Gasteiger partial charge in [-0.25, -0.2) is 0 Å². The zero-order valence-electron chi connectivity index (χ0n) is 36.0. The predicted octanol–water partition coefficient (Wildman–Crippen LogP) is 7.96. The van der Waals surface area contributed by atoms with E-state index in [0.717, 1.165) is 51.2 Å². The molecular formula is C51H53N3O8S.